The highest BCUT2D eigenvalue weighted by Crippen LogP contribution is 2.31. The van der Waals surface area contributed by atoms with Gasteiger partial charge in [0.25, 0.3) is 0 Å². The zero-order valence-corrected chi connectivity index (χ0v) is 13.6. The number of nitrogens with zero attached hydrogens (tertiary/aromatic N) is 2. The van der Waals surface area contributed by atoms with Crippen LogP contribution in [0.4, 0.5) is 4.79 Å². The van der Waals surface area contributed by atoms with Crippen LogP contribution < -0.4 is 5.32 Å². The van der Waals surface area contributed by atoms with Crippen LogP contribution in [0.15, 0.2) is 0 Å². The summed E-state index contributed by atoms with van der Waals surface area (Å²) in [5.74, 6) is -0.839. The number of nitrogens with one attached hydrogen (secondary N) is 1. The van der Waals surface area contributed by atoms with Gasteiger partial charge in [-0.25, -0.2) is 9.59 Å². The number of rotatable bonds is 5. The number of carbonyl (C=O) groups is 3. The van der Waals surface area contributed by atoms with Crippen molar-refractivity contribution in [2.45, 2.75) is 44.6 Å². The van der Waals surface area contributed by atoms with Gasteiger partial charge in [0, 0.05) is 19.3 Å². The van der Waals surface area contributed by atoms with E-state index in [-0.39, 0.29) is 11.3 Å². The van der Waals surface area contributed by atoms with Crippen molar-refractivity contribution in [1.29, 1.82) is 0 Å². The van der Waals surface area contributed by atoms with E-state index in [0.29, 0.717) is 18.7 Å². The Kier molecular flexibility index (Phi) is 6.32. The molecule has 1 fully saturated rings. The molecular weight excluding hydrogens is 294 g/mol. The van der Waals surface area contributed by atoms with Gasteiger partial charge >= 0.3 is 12.0 Å². The third kappa shape index (κ3) is 4.03. The average Bonchev–Trinajstić information content (AvgIpc) is 2.89. The summed E-state index contributed by atoms with van der Waals surface area (Å²) in [7, 11) is 1.66. The Morgan fingerprint density at radius 2 is 2.05 bits per heavy atom. The van der Waals surface area contributed by atoms with Gasteiger partial charge in [-0.2, -0.15) is 0 Å². The highest BCUT2D eigenvalue weighted by molar-refractivity contribution is 8.00. The molecule has 7 nitrogen and oxygen atoms in total. The van der Waals surface area contributed by atoms with Gasteiger partial charge in [-0.1, -0.05) is 6.92 Å². The summed E-state index contributed by atoms with van der Waals surface area (Å²) in [6.45, 7) is 5.90. The van der Waals surface area contributed by atoms with Crippen molar-refractivity contribution in [2.24, 2.45) is 0 Å². The molecule has 21 heavy (non-hydrogen) atoms. The second-order valence-electron chi connectivity index (χ2n) is 4.98. The lowest BCUT2D eigenvalue weighted by Gasteiger charge is -2.29. The highest BCUT2D eigenvalue weighted by atomic mass is 32.2. The number of aliphatic carboxylic acids is 1. The van der Waals surface area contributed by atoms with Gasteiger partial charge in [-0.05, 0) is 20.3 Å². The van der Waals surface area contributed by atoms with Crippen LogP contribution in [-0.2, 0) is 9.59 Å². The van der Waals surface area contributed by atoms with Crippen LogP contribution in [0, 0.1) is 0 Å². The van der Waals surface area contributed by atoms with Crippen LogP contribution in [0.5, 0.6) is 0 Å². The summed E-state index contributed by atoms with van der Waals surface area (Å²) in [5.41, 5.74) is 0. The number of thioether (sulfide) groups is 1. The molecule has 0 aromatic carbocycles. The van der Waals surface area contributed by atoms with Crippen molar-refractivity contribution in [3.63, 3.8) is 0 Å². The Hall–Kier alpha value is -1.44. The van der Waals surface area contributed by atoms with Gasteiger partial charge in [0.1, 0.15) is 12.1 Å². The maximum atomic E-state index is 12.3. The van der Waals surface area contributed by atoms with Crippen molar-refractivity contribution < 1.29 is 19.5 Å². The molecule has 0 aromatic heterocycles. The van der Waals surface area contributed by atoms with Crippen LogP contribution >= 0.6 is 11.8 Å². The third-order valence-corrected chi connectivity index (χ3v) is 4.98. The number of urea groups is 1. The number of likely N-dealkylation sites (N-methyl/N-ethyl adjacent to an activating group) is 1. The monoisotopic (exact) mass is 317 g/mol. The maximum absolute atomic E-state index is 12.3. The van der Waals surface area contributed by atoms with Gasteiger partial charge in [0.15, 0.2) is 0 Å². The summed E-state index contributed by atoms with van der Waals surface area (Å²) in [6.07, 6.45) is 0.666. The molecule has 0 saturated carbocycles. The normalized spacial score (nSPS) is 22.8. The van der Waals surface area contributed by atoms with Crippen LogP contribution in [0.3, 0.4) is 0 Å². The van der Waals surface area contributed by atoms with Crippen molar-refractivity contribution in [1.82, 2.24) is 15.1 Å². The number of carboxylic acids is 1. The van der Waals surface area contributed by atoms with Gasteiger partial charge < -0.3 is 15.3 Å². The molecule has 120 valence electrons. The molecule has 8 heteroatoms. The Bertz CT molecular complexity index is 418. The molecule has 1 aliphatic heterocycles. The van der Waals surface area contributed by atoms with Crippen molar-refractivity contribution in [3.05, 3.63) is 0 Å². The number of hydrogen-bond acceptors (Lipinski definition) is 4. The minimum Gasteiger partial charge on any atom is -0.480 e. The fourth-order valence-electron chi connectivity index (χ4n) is 2.15. The molecule has 1 heterocycles. The summed E-state index contributed by atoms with van der Waals surface area (Å²) < 4.78 is 0. The molecular formula is C13H23N3O4S. The molecule has 3 amide bonds. The van der Waals surface area contributed by atoms with E-state index in [2.05, 4.69) is 5.32 Å². The predicted molar refractivity (Wildman–Crippen MR) is 81.1 cm³/mol. The van der Waals surface area contributed by atoms with E-state index in [9.17, 15) is 19.5 Å². The zero-order chi connectivity index (χ0) is 16.2. The minimum absolute atomic E-state index is 0.169. The summed E-state index contributed by atoms with van der Waals surface area (Å²) >= 11 is 1.45. The number of carboxylic acid groups (broad SMARTS) is 1. The fourth-order valence-corrected chi connectivity index (χ4v) is 3.50. The van der Waals surface area contributed by atoms with E-state index in [0.717, 1.165) is 0 Å². The maximum Gasteiger partial charge on any atom is 0.327 e. The molecule has 1 aliphatic rings. The lowest BCUT2D eigenvalue weighted by molar-refractivity contribution is -0.141. The fraction of sp³-hybridized carbons (Fsp3) is 0.769. The average molecular weight is 317 g/mol. The Morgan fingerprint density at radius 3 is 2.52 bits per heavy atom. The Balaban J connectivity index is 2.76. The largest absolute Gasteiger partial charge is 0.480 e. The Morgan fingerprint density at radius 1 is 1.43 bits per heavy atom. The second kappa shape index (κ2) is 7.53. The van der Waals surface area contributed by atoms with Gasteiger partial charge in [0.2, 0.25) is 5.91 Å². The quantitative estimate of drug-likeness (QED) is 0.783. The van der Waals surface area contributed by atoms with Crippen molar-refractivity contribution in [3.8, 4) is 0 Å². The predicted octanol–water partition coefficient (Wildman–Crippen LogP) is 0.801. The molecule has 0 spiro atoms. The molecule has 2 N–H and O–H groups in total. The highest BCUT2D eigenvalue weighted by Gasteiger charge is 2.41. The molecule has 0 bridgehead atoms. The van der Waals surface area contributed by atoms with Gasteiger partial charge in [-0.3, -0.25) is 9.69 Å². The molecule has 3 atom stereocenters. The van der Waals surface area contributed by atoms with E-state index in [1.807, 2.05) is 13.8 Å². The first kappa shape index (κ1) is 17.6. The first-order valence-corrected chi connectivity index (χ1v) is 8.06. The first-order chi connectivity index (χ1) is 9.83. The van der Waals surface area contributed by atoms with Crippen LogP contribution in [0.1, 0.15) is 27.2 Å². The molecule has 1 saturated heterocycles. The van der Waals surface area contributed by atoms with Crippen LogP contribution in [0.2, 0.25) is 0 Å². The second-order valence-corrected chi connectivity index (χ2v) is 6.19. The summed E-state index contributed by atoms with van der Waals surface area (Å²) in [6, 6.07) is -2.02. The van der Waals surface area contributed by atoms with E-state index in [4.69, 9.17) is 0 Å². The molecule has 1 rings (SSSR count). The number of hydrogen-bond donors (Lipinski definition) is 2. The third-order valence-electron chi connectivity index (χ3n) is 3.52. The first-order valence-electron chi connectivity index (χ1n) is 7.01. The summed E-state index contributed by atoms with van der Waals surface area (Å²) in [4.78, 5) is 38.4. The lowest BCUT2D eigenvalue weighted by Crippen LogP contribution is -2.54. The number of carbonyl (C=O) groups excluding carboxylic acids is 2. The molecule has 0 aliphatic carbocycles. The molecule has 3 unspecified atom stereocenters. The van der Waals surface area contributed by atoms with E-state index in [1.54, 1.807) is 14.0 Å². The summed E-state index contributed by atoms with van der Waals surface area (Å²) in [5, 5.41) is 11.6. The standard InChI is InChI=1S/C13H23N3O4S/c1-5-10-16(9(7-21-10)12(18)19)13(20)14-8(3)11(17)15(4)6-2/h8-10H,5-7H2,1-4H3,(H,14,20)(H,18,19). The lowest BCUT2D eigenvalue weighted by atomic mass is 10.2. The topological polar surface area (TPSA) is 90.0 Å². The SMILES string of the molecule is CCC1SCC(C(=O)O)N1C(=O)NC(C)C(=O)N(C)CC. The Labute approximate surface area is 129 Å². The smallest absolute Gasteiger partial charge is 0.327 e. The van der Waals surface area contributed by atoms with Crippen molar-refractivity contribution in [2.75, 3.05) is 19.3 Å². The minimum atomic E-state index is -1.02. The van der Waals surface area contributed by atoms with Gasteiger partial charge in [-0.15, -0.1) is 11.8 Å². The van der Waals surface area contributed by atoms with Crippen LogP contribution in [0.25, 0.3) is 0 Å². The van der Waals surface area contributed by atoms with Crippen LogP contribution in [-0.4, -0.2) is 69.6 Å². The zero-order valence-electron chi connectivity index (χ0n) is 12.8. The number of amides is 3. The van der Waals surface area contributed by atoms with E-state index in [1.165, 1.54) is 21.6 Å². The van der Waals surface area contributed by atoms with Gasteiger partial charge in [0.05, 0.1) is 5.37 Å². The van der Waals surface area contributed by atoms with E-state index >= 15 is 0 Å². The molecule has 0 radical (unpaired) electrons. The van der Waals surface area contributed by atoms with E-state index < -0.39 is 24.1 Å². The van der Waals surface area contributed by atoms with Crippen molar-refractivity contribution >= 4 is 29.7 Å². The molecule has 0 aromatic rings.